The normalized spacial score (nSPS) is 10.8. The minimum absolute atomic E-state index is 0.527. The van der Waals surface area contributed by atoms with Gasteiger partial charge in [0.15, 0.2) is 0 Å². The predicted octanol–water partition coefficient (Wildman–Crippen LogP) is 0.496. The molecule has 0 bridgehead atoms. The van der Waals surface area contributed by atoms with Crippen molar-refractivity contribution in [2.75, 3.05) is 0 Å². The average molecular weight is 181 g/mol. The Bertz CT molecular complexity index is 286. The van der Waals surface area contributed by atoms with Gasteiger partial charge in [-0.05, 0) is 19.9 Å². The number of rotatable bonds is 4. The van der Waals surface area contributed by atoms with Crippen LogP contribution in [0.1, 0.15) is 13.8 Å². The van der Waals surface area contributed by atoms with Crippen molar-refractivity contribution in [3.63, 3.8) is 0 Å². The number of aliphatic carboxylic acids is 1. The highest BCUT2D eigenvalue weighted by Crippen LogP contribution is 1.97. The Labute approximate surface area is 76.2 Å². The zero-order valence-electron chi connectivity index (χ0n) is 7.46. The SMILES string of the molecule is CC(C)(C#N)N/C=C\C(=N)C(=O)O. The third-order valence-electron chi connectivity index (χ3n) is 1.20. The summed E-state index contributed by atoms with van der Waals surface area (Å²) in [5, 5.41) is 26.4. The molecule has 70 valence electrons. The molecule has 0 spiro atoms. The number of nitrogens with one attached hydrogen (secondary N) is 2. The third-order valence-corrected chi connectivity index (χ3v) is 1.20. The number of carboxylic acids is 1. The zero-order chi connectivity index (χ0) is 10.5. The lowest BCUT2D eigenvalue weighted by molar-refractivity contribution is -0.129. The molecule has 0 rings (SSSR count). The number of carboxylic acid groups (broad SMARTS) is 1. The highest BCUT2D eigenvalue weighted by Gasteiger charge is 2.12. The van der Waals surface area contributed by atoms with Crippen LogP contribution in [0.2, 0.25) is 0 Å². The molecule has 0 aromatic rings. The van der Waals surface area contributed by atoms with Gasteiger partial charge in [-0.3, -0.25) is 5.41 Å². The molecule has 0 atom stereocenters. The smallest absolute Gasteiger partial charge is 0.353 e. The molecule has 0 saturated heterocycles. The summed E-state index contributed by atoms with van der Waals surface area (Å²) in [6.07, 6.45) is 2.36. The van der Waals surface area contributed by atoms with Crippen molar-refractivity contribution in [1.82, 2.24) is 5.32 Å². The van der Waals surface area contributed by atoms with Crippen LogP contribution in [0, 0.1) is 16.7 Å². The summed E-state index contributed by atoms with van der Waals surface area (Å²) in [4.78, 5) is 10.2. The Kier molecular flexibility index (Phi) is 3.66. The summed E-state index contributed by atoms with van der Waals surface area (Å²) >= 11 is 0. The van der Waals surface area contributed by atoms with E-state index in [2.05, 4.69) is 5.32 Å². The van der Waals surface area contributed by atoms with Gasteiger partial charge in [0.25, 0.3) is 0 Å². The second-order valence-corrected chi connectivity index (χ2v) is 2.93. The van der Waals surface area contributed by atoms with E-state index in [-0.39, 0.29) is 0 Å². The molecule has 5 heteroatoms. The summed E-state index contributed by atoms with van der Waals surface area (Å²) in [6, 6.07) is 1.96. The minimum Gasteiger partial charge on any atom is -0.477 e. The molecule has 0 aliphatic rings. The fourth-order valence-corrected chi connectivity index (χ4v) is 0.437. The molecular formula is C8H11N3O2. The predicted molar refractivity (Wildman–Crippen MR) is 47.3 cm³/mol. The summed E-state index contributed by atoms with van der Waals surface area (Å²) in [7, 11) is 0. The fourth-order valence-electron chi connectivity index (χ4n) is 0.437. The van der Waals surface area contributed by atoms with Crippen molar-refractivity contribution in [1.29, 1.82) is 10.7 Å². The molecule has 0 aliphatic heterocycles. The first-order valence-corrected chi connectivity index (χ1v) is 3.56. The largest absolute Gasteiger partial charge is 0.477 e. The fraction of sp³-hybridized carbons (Fsp3) is 0.375. The van der Waals surface area contributed by atoms with Crippen molar-refractivity contribution in [3.8, 4) is 6.07 Å². The van der Waals surface area contributed by atoms with Crippen LogP contribution in [-0.2, 0) is 4.79 Å². The Morgan fingerprint density at radius 2 is 2.23 bits per heavy atom. The Morgan fingerprint density at radius 3 is 2.62 bits per heavy atom. The van der Waals surface area contributed by atoms with Crippen LogP contribution in [0.3, 0.4) is 0 Å². The quantitative estimate of drug-likeness (QED) is 0.550. The molecule has 5 nitrogen and oxygen atoms in total. The zero-order valence-corrected chi connectivity index (χ0v) is 7.46. The number of hydrogen-bond donors (Lipinski definition) is 3. The minimum atomic E-state index is -1.30. The molecule has 0 aliphatic carbocycles. The molecule has 0 saturated carbocycles. The van der Waals surface area contributed by atoms with Crippen molar-refractivity contribution in [2.24, 2.45) is 0 Å². The van der Waals surface area contributed by atoms with Gasteiger partial charge in [0.05, 0.1) is 6.07 Å². The topological polar surface area (TPSA) is 97.0 Å². The number of carbonyl (C=O) groups is 1. The van der Waals surface area contributed by atoms with Crippen LogP contribution in [0.15, 0.2) is 12.3 Å². The molecule has 0 amide bonds. The van der Waals surface area contributed by atoms with Gasteiger partial charge in [0.2, 0.25) is 0 Å². The molecule has 0 aromatic heterocycles. The summed E-state index contributed by atoms with van der Waals surface area (Å²) in [5.41, 5.74) is -1.28. The van der Waals surface area contributed by atoms with Gasteiger partial charge in [0, 0.05) is 6.20 Å². The Balaban J connectivity index is 4.12. The van der Waals surface area contributed by atoms with Crippen molar-refractivity contribution >= 4 is 11.7 Å². The molecule has 0 unspecified atom stereocenters. The van der Waals surface area contributed by atoms with Crippen LogP contribution in [0.25, 0.3) is 0 Å². The van der Waals surface area contributed by atoms with Crippen LogP contribution >= 0.6 is 0 Å². The summed E-state index contributed by atoms with van der Waals surface area (Å²) < 4.78 is 0. The molecule has 0 radical (unpaired) electrons. The molecule has 13 heavy (non-hydrogen) atoms. The average Bonchev–Trinajstić information content (AvgIpc) is 2.04. The maximum atomic E-state index is 10.2. The maximum Gasteiger partial charge on any atom is 0.353 e. The van der Waals surface area contributed by atoms with E-state index in [9.17, 15) is 4.79 Å². The monoisotopic (exact) mass is 181 g/mol. The highest BCUT2D eigenvalue weighted by atomic mass is 16.4. The van der Waals surface area contributed by atoms with Crippen molar-refractivity contribution < 1.29 is 9.90 Å². The first-order chi connectivity index (χ1) is 5.89. The molecule has 0 fully saturated rings. The first kappa shape index (κ1) is 11.2. The van der Waals surface area contributed by atoms with E-state index >= 15 is 0 Å². The molecule has 0 aromatic carbocycles. The van der Waals surface area contributed by atoms with Gasteiger partial charge in [0.1, 0.15) is 11.3 Å². The van der Waals surface area contributed by atoms with E-state index in [0.717, 1.165) is 6.08 Å². The van der Waals surface area contributed by atoms with E-state index in [4.69, 9.17) is 15.8 Å². The highest BCUT2D eigenvalue weighted by molar-refractivity contribution is 6.38. The van der Waals surface area contributed by atoms with E-state index < -0.39 is 17.2 Å². The van der Waals surface area contributed by atoms with Gasteiger partial charge < -0.3 is 10.4 Å². The van der Waals surface area contributed by atoms with Gasteiger partial charge in [-0.2, -0.15) is 5.26 Å². The molecule has 3 N–H and O–H groups in total. The molecular weight excluding hydrogens is 170 g/mol. The second-order valence-electron chi connectivity index (χ2n) is 2.93. The second kappa shape index (κ2) is 4.26. The van der Waals surface area contributed by atoms with Crippen LogP contribution in [0.5, 0.6) is 0 Å². The lowest BCUT2D eigenvalue weighted by Gasteiger charge is -2.14. The lowest BCUT2D eigenvalue weighted by atomic mass is 10.1. The first-order valence-electron chi connectivity index (χ1n) is 3.56. The van der Waals surface area contributed by atoms with Gasteiger partial charge in [-0.25, -0.2) is 4.79 Å². The Morgan fingerprint density at radius 1 is 1.69 bits per heavy atom. The number of nitrogens with zero attached hydrogens (tertiary/aromatic N) is 1. The van der Waals surface area contributed by atoms with Gasteiger partial charge >= 0.3 is 5.97 Å². The van der Waals surface area contributed by atoms with Crippen molar-refractivity contribution in [2.45, 2.75) is 19.4 Å². The van der Waals surface area contributed by atoms with Crippen LogP contribution in [-0.4, -0.2) is 22.3 Å². The van der Waals surface area contributed by atoms with Gasteiger partial charge in [-0.1, -0.05) is 0 Å². The van der Waals surface area contributed by atoms with E-state index in [1.807, 2.05) is 6.07 Å². The van der Waals surface area contributed by atoms with E-state index in [1.165, 1.54) is 6.20 Å². The lowest BCUT2D eigenvalue weighted by Crippen LogP contribution is -2.33. The van der Waals surface area contributed by atoms with Crippen molar-refractivity contribution in [3.05, 3.63) is 12.3 Å². The Hall–Kier alpha value is -1.83. The number of hydrogen-bond acceptors (Lipinski definition) is 4. The van der Waals surface area contributed by atoms with Crippen LogP contribution in [0.4, 0.5) is 0 Å². The summed E-state index contributed by atoms with van der Waals surface area (Å²) in [5.74, 6) is -1.30. The standard InChI is InChI=1S/C8H11N3O2/c1-8(2,5-9)11-4-3-6(10)7(12)13/h3-4,10-11H,1-2H3,(H,12,13)/b4-3-,10-6?. The number of nitriles is 1. The van der Waals surface area contributed by atoms with Crippen LogP contribution < -0.4 is 5.32 Å². The third kappa shape index (κ3) is 4.58. The maximum absolute atomic E-state index is 10.2. The van der Waals surface area contributed by atoms with E-state index in [0.29, 0.717) is 0 Å². The van der Waals surface area contributed by atoms with Gasteiger partial charge in [-0.15, -0.1) is 0 Å². The summed E-state index contributed by atoms with van der Waals surface area (Å²) in [6.45, 7) is 3.28. The van der Waals surface area contributed by atoms with E-state index in [1.54, 1.807) is 13.8 Å². The molecule has 0 heterocycles.